The molecule has 0 saturated carbocycles. The van der Waals surface area contributed by atoms with Gasteiger partial charge in [-0.15, -0.1) is 0 Å². The van der Waals surface area contributed by atoms with E-state index >= 15 is 0 Å². The second kappa shape index (κ2) is 7.14. The molecule has 1 unspecified atom stereocenters. The van der Waals surface area contributed by atoms with Gasteiger partial charge in [-0.25, -0.2) is 9.97 Å². The summed E-state index contributed by atoms with van der Waals surface area (Å²) in [5, 5.41) is 3.17. The highest BCUT2D eigenvalue weighted by atomic mass is 79.9. The molecule has 0 bridgehead atoms. The van der Waals surface area contributed by atoms with Crippen LogP contribution in [0.4, 0.5) is 5.95 Å². The number of ether oxygens (including phenoxy) is 1. The average Bonchev–Trinajstić information content (AvgIpc) is 2.48. The maximum atomic E-state index is 12.1. The Hall–Kier alpha value is -1.86. The molecule has 1 atom stereocenters. The Morgan fingerprint density at radius 3 is 2.74 bits per heavy atom. The molecule has 1 amide bonds. The minimum absolute atomic E-state index is 0.0933. The van der Waals surface area contributed by atoms with Crippen LogP contribution in [0, 0.1) is 6.92 Å². The van der Waals surface area contributed by atoms with E-state index in [1.165, 1.54) is 0 Å². The molecule has 1 aromatic heterocycles. The van der Waals surface area contributed by atoms with Gasteiger partial charge in [-0.05, 0) is 48.0 Å². The molecule has 1 heterocycles. The van der Waals surface area contributed by atoms with Crippen LogP contribution < -0.4 is 15.8 Å². The molecule has 3 N–H and O–H groups in total. The topological polar surface area (TPSA) is 90.1 Å². The molecule has 1 aromatic carbocycles. The molecule has 0 saturated heterocycles. The van der Waals surface area contributed by atoms with Crippen molar-refractivity contribution in [2.45, 2.75) is 20.0 Å². The lowest BCUT2D eigenvalue weighted by molar-refractivity contribution is 0.0956. The smallest absolute Gasteiger partial charge is 0.254 e. The summed E-state index contributed by atoms with van der Waals surface area (Å²) in [5.41, 5.74) is 7.00. The van der Waals surface area contributed by atoms with Gasteiger partial charge in [-0.1, -0.05) is 11.6 Å². The summed E-state index contributed by atoms with van der Waals surface area (Å²) < 4.78 is 6.61. The van der Waals surface area contributed by atoms with Crippen molar-refractivity contribution in [1.29, 1.82) is 0 Å². The monoisotopic (exact) mass is 398 g/mol. The predicted octanol–water partition coefficient (Wildman–Crippen LogP) is 3.28. The second-order valence-corrected chi connectivity index (χ2v) is 6.13. The SMILES string of the molecule is CNC(=O)c1c(C)nc(N)nc1C(C)Oc1ccc(Cl)cc1Br. The van der Waals surface area contributed by atoms with E-state index < -0.39 is 6.10 Å². The number of nitrogens with two attached hydrogens (primary N) is 1. The lowest BCUT2D eigenvalue weighted by atomic mass is 10.1. The lowest BCUT2D eigenvalue weighted by Crippen LogP contribution is -2.25. The van der Waals surface area contributed by atoms with Gasteiger partial charge < -0.3 is 15.8 Å². The Morgan fingerprint density at radius 1 is 1.43 bits per heavy atom. The molecule has 23 heavy (non-hydrogen) atoms. The van der Waals surface area contributed by atoms with Crippen LogP contribution in [0.15, 0.2) is 22.7 Å². The number of carbonyl (C=O) groups excluding carboxylic acids is 1. The number of carbonyl (C=O) groups is 1. The van der Waals surface area contributed by atoms with E-state index in [4.69, 9.17) is 22.1 Å². The quantitative estimate of drug-likeness (QED) is 0.823. The summed E-state index contributed by atoms with van der Waals surface area (Å²) in [6, 6.07) is 5.18. The molecule has 0 aliphatic rings. The number of hydrogen-bond acceptors (Lipinski definition) is 5. The lowest BCUT2D eigenvalue weighted by Gasteiger charge is -2.19. The average molecular weight is 400 g/mol. The number of rotatable bonds is 4. The molecular formula is C15H16BrClN4O2. The van der Waals surface area contributed by atoms with E-state index in [-0.39, 0.29) is 11.9 Å². The van der Waals surface area contributed by atoms with Gasteiger partial charge in [0, 0.05) is 12.1 Å². The van der Waals surface area contributed by atoms with Gasteiger partial charge in [-0.2, -0.15) is 0 Å². The summed E-state index contributed by atoms with van der Waals surface area (Å²) in [4.78, 5) is 20.4. The van der Waals surface area contributed by atoms with E-state index in [2.05, 4.69) is 31.2 Å². The number of amides is 1. The Labute approximate surface area is 147 Å². The third kappa shape index (κ3) is 3.92. The summed E-state index contributed by atoms with van der Waals surface area (Å²) in [6.07, 6.45) is -0.510. The van der Waals surface area contributed by atoms with Crippen molar-refractivity contribution in [2.24, 2.45) is 0 Å². The molecule has 0 aliphatic carbocycles. The highest BCUT2D eigenvalue weighted by Crippen LogP contribution is 2.32. The highest BCUT2D eigenvalue weighted by Gasteiger charge is 2.23. The first kappa shape index (κ1) is 17.5. The van der Waals surface area contributed by atoms with E-state index in [9.17, 15) is 4.79 Å². The number of aromatic nitrogens is 2. The summed E-state index contributed by atoms with van der Waals surface area (Å²) in [7, 11) is 1.54. The summed E-state index contributed by atoms with van der Waals surface area (Å²) in [5.74, 6) is 0.387. The predicted molar refractivity (Wildman–Crippen MR) is 92.8 cm³/mol. The van der Waals surface area contributed by atoms with E-state index in [0.717, 1.165) is 0 Å². The number of nitrogen functional groups attached to an aromatic ring is 1. The molecule has 0 fully saturated rings. The van der Waals surface area contributed by atoms with Crippen molar-refractivity contribution in [3.05, 3.63) is 44.6 Å². The zero-order valence-electron chi connectivity index (χ0n) is 12.9. The van der Waals surface area contributed by atoms with Crippen LogP contribution in [0.3, 0.4) is 0 Å². The normalized spacial score (nSPS) is 11.9. The maximum Gasteiger partial charge on any atom is 0.254 e. The van der Waals surface area contributed by atoms with Crippen LogP contribution in [0.1, 0.15) is 34.8 Å². The Bertz CT molecular complexity index is 754. The number of hydrogen-bond donors (Lipinski definition) is 2. The van der Waals surface area contributed by atoms with Crippen LogP contribution >= 0.6 is 27.5 Å². The molecule has 8 heteroatoms. The first-order valence-corrected chi connectivity index (χ1v) is 7.98. The highest BCUT2D eigenvalue weighted by molar-refractivity contribution is 9.10. The van der Waals surface area contributed by atoms with E-state index in [1.807, 2.05) is 0 Å². The number of anilines is 1. The van der Waals surface area contributed by atoms with E-state index in [0.29, 0.717) is 32.2 Å². The Morgan fingerprint density at radius 2 is 2.13 bits per heavy atom. The van der Waals surface area contributed by atoms with Crippen molar-refractivity contribution in [3.8, 4) is 5.75 Å². The minimum Gasteiger partial charge on any atom is -0.483 e. The number of nitrogens with zero attached hydrogens (tertiary/aromatic N) is 2. The van der Waals surface area contributed by atoms with Crippen LogP contribution in [0.2, 0.25) is 5.02 Å². The van der Waals surface area contributed by atoms with E-state index in [1.54, 1.807) is 39.1 Å². The molecule has 0 spiro atoms. The van der Waals surface area contributed by atoms with Crippen molar-refractivity contribution >= 4 is 39.4 Å². The molecular weight excluding hydrogens is 384 g/mol. The van der Waals surface area contributed by atoms with Crippen molar-refractivity contribution in [3.63, 3.8) is 0 Å². The fraction of sp³-hybridized carbons (Fsp3) is 0.267. The van der Waals surface area contributed by atoms with Crippen LogP contribution in [-0.4, -0.2) is 22.9 Å². The third-order valence-electron chi connectivity index (χ3n) is 3.17. The van der Waals surface area contributed by atoms with Crippen molar-refractivity contribution in [1.82, 2.24) is 15.3 Å². The van der Waals surface area contributed by atoms with Gasteiger partial charge in [0.05, 0.1) is 21.4 Å². The van der Waals surface area contributed by atoms with Crippen LogP contribution in [0.25, 0.3) is 0 Å². The molecule has 122 valence electrons. The first-order valence-electron chi connectivity index (χ1n) is 6.81. The Balaban J connectivity index is 2.42. The zero-order chi connectivity index (χ0) is 17.1. The van der Waals surface area contributed by atoms with Gasteiger partial charge in [0.25, 0.3) is 5.91 Å². The van der Waals surface area contributed by atoms with Gasteiger partial charge >= 0.3 is 0 Å². The van der Waals surface area contributed by atoms with Gasteiger partial charge in [0.15, 0.2) is 0 Å². The number of nitrogens with one attached hydrogen (secondary N) is 1. The van der Waals surface area contributed by atoms with Crippen molar-refractivity contribution in [2.75, 3.05) is 12.8 Å². The molecule has 0 aliphatic heterocycles. The second-order valence-electron chi connectivity index (χ2n) is 4.84. The van der Waals surface area contributed by atoms with Gasteiger partial charge in [-0.3, -0.25) is 4.79 Å². The minimum atomic E-state index is -0.510. The van der Waals surface area contributed by atoms with Crippen LogP contribution in [0.5, 0.6) is 5.75 Å². The standard InChI is InChI=1S/C15H16BrClN4O2/c1-7-12(14(22)19-3)13(21-15(18)20-7)8(2)23-11-5-4-9(17)6-10(11)16/h4-6,8H,1-3H3,(H,19,22)(H2,18,20,21). The van der Waals surface area contributed by atoms with Crippen molar-refractivity contribution < 1.29 is 9.53 Å². The first-order chi connectivity index (χ1) is 10.8. The fourth-order valence-corrected chi connectivity index (χ4v) is 2.91. The summed E-state index contributed by atoms with van der Waals surface area (Å²) >= 11 is 9.31. The molecule has 2 aromatic rings. The summed E-state index contributed by atoms with van der Waals surface area (Å²) in [6.45, 7) is 3.49. The molecule has 6 nitrogen and oxygen atoms in total. The molecule has 2 rings (SSSR count). The van der Waals surface area contributed by atoms with Gasteiger partial charge in [0.2, 0.25) is 5.95 Å². The van der Waals surface area contributed by atoms with Crippen LogP contribution in [-0.2, 0) is 0 Å². The zero-order valence-corrected chi connectivity index (χ0v) is 15.2. The fourth-order valence-electron chi connectivity index (χ4n) is 2.13. The molecule has 0 radical (unpaired) electrons. The largest absolute Gasteiger partial charge is 0.483 e. The number of benzene rings is 1. The number of aryl methyl sites for hydroxylation is 1. The Kier molecular flexibility index (Phi) is 5.43. The maximum absolute atomic E-state index is 12.1. The number of halogens is 2. The third-order valence-corrected chi connectivity index (χ3v) is 4.03. The van der Waals surface area contributed by atoms with Gasteiger partial charge in [0.1, 0.15) is 11.9 Å².